The molecule has 1 rings (SSSR count). The van der Waals surface area contributed by atoms with Gasteiger partial charge in [0, 0.05) is 13.0 Å². The second-order valence-corrected chi connectivity index (χ2v) is 3.00. The Kier molecular flexibility index (Phi) is 2.92. The average molecular weight is 154 g/mol. The van der Waals surface area contributed by atoms with Crippen molar-refractivity contribution in [1.29, 1.82) is 0 Å². The van der Waals surface area contributed by atoms with E-state index in [0.717, 1.165) is 25.9 Å². The first-order chi connectivity index (χ1) is 5.27. The summed E-state index contributed by atoms with van der Waals surface area (Å²) < 4.78 is 5.08. The second-order valence-electron chi connectivity index (χ2n) is 3.00. The van der Waals surface area contributed by atoms with Crippen molar-refractivity contribution in [2.75, 3.05) is 13.2 Å². The van der Waals surface area contributed by atoms with Gasteiger partial charge in [-0.2, -0.15) is 0 Å². The van der Waals surface area contributed by atoms with Crippen molar-refractivity contribution < 1.29 is 9.84 Å². The molecule has 1 unspecified atom stereocenters. The maximum Gasteiger partial charge on any atom is 0.149 e. The number of hydrogen-bond donors (Lipinski definition) is 1. The van der Waals surface area contributed by atoms with Crippen molar-refractivity contribution >= 4 is 0 Å². The van der Waals surface area contributed by atoms with Gasteiger partial charge in [-0.25, -0.2) is 0 Å². The molecule has 0 spiro atoms. The molecule has 1 N–H and O–H groups in total. The minimum atomic E-state index is -0.126. The molecule has 0 radical (unpaired) electrons. The summed E-state index contributed by atoms with van der Waals surface area (Å²) in [7, 11) is 0. The molecule has 0 amide bonds. The van der Waals surface area contributed by atoms with Crippen LogP contribution in [0.4, 0.5) is 0 Å². The topological polar surface area (TPSA) is 32.8 Å². The van der Waals surface area contributed by atoms with Crippen molar-refractivity contribution in [3.63, 3.8) is 0 Å². The van der Waals surface area contributed by atoms with Crippen LogP contribution in [0, 0.1) is 11.8 Å². The number of aliphatic hydroxyl groups is 1. The molecule has 2 nitrogen and oxygen atoms in total. The van der Waals surface area contributed by atoms with Gasteiger partial charge in [-0.3, -0.25) is 0 Å². The highest BCUT2D eigenvalue weighted by Gasteiger charge is 2.36. The summed E-state index contributed by atoms with van der Waals surface area (Å²) in [6.45, 7) is 3.04. The van der Waals surface area contributed by atoms with E-state index in [0.29, 0.717) is 0 Å². The largest absolute Gasteiger partial charge is 0.396 e. The Morgan fingerprint density at radius 2 is 2.27 bits per heavy atom. The third-order valence-corrected chi connectivity index (χ3v) is 1.64. The molecule has 1 heterocycles. The van der Waals surface area contributed by atoms with Gasteiger partial charge in [-0.1, -0.05) is 5.92 Å². The maximum atomic E-state index is 8.46. The standard InChI is InChI=1S/C9H14O2/c1-9(8-11-9)6-4-2-3-5-7-10/h10H,2-3,5,7-8H2,1H3. The van der Waals surface area contributed by atoms with Gasteiger partial charge in [0.05, 0.1) is 6.61 Å². The van der Waals surface area contributed by atoms with E-state index in [-0.39, 0.29) is 12.2 Å². The first-order valence-electron chi connectivity index (χ1n) is 4.02. The molecule has 1 atom stereocenters. The molecule has 0 aromatic rings. The lowest BCUT2D eigenvalue weighted by atomic mass is 10.2. The lowest BCUT2D eigenvalue weighted by Crippen LogP contribution is -1.97. The van der Waals surface area contributed by atoms with Gasteiger partial charge in [0.1, 0.15) is 5.60 Å². The zero-order valence-corrected chi connectivity index (χ0v) is 6.89. The van der Waals surface area contributed by atoms with E-state index in [1.165, 1.54) is 0 Å². The van der Waals surface area contributed by atoms with Crippen molar-refractivity contribution in [2.24, 2.45) is 0 Å². The normalized spacial score (nSPS) is 27.5. The van der Waals surface area contributed by atoms with Crippen LogP contribution in [0.1, 0.15) is 26.2 Å². The minimum absolute atomic E-state index is 0.126. The zero-order chi connectivity index (χ0) is 8.16. The molecular weight excluding hydrogens is 140 g/mol. The summed E-state index contributed by atoms with van der Waals surface area (Å²) in [6, 6.07) is 0. The van der Waals surface area contributed by atoms with E-state index in [4.69, 9.17) is 9.84 Å². The molecule has 1 aliphatic rings. The van der Waals surface area contributed by atoms with Crippen LogP contribution >= 0.6 is 0 Å². The van der Waals surface area contributed by atoms with Crippen LogP contribution in [-0.4, -0.2) is 23.9 Å². The molecule has 0 aliphatic carbocycles. The first kappa shape index (κ1) is 8.58. The van der Waals surface area contributed by atoms with Gasteiger partial charge in [0.2, 0.25) is 0 Å². The van der Waals surface area contributed by atoms with Crippen LogP contribution in [0.15, 0.2) is 0 Å². The van der Waals surface area contributed by atoms with Gasteiger partial charge >= 0.3 is 0 Å². The maximum absolute atomic E-state index is 8.46. The Morgan fingerprint density at radius 3 is 2.82 bits per heavy atom. The van der Waals surface area contributed by atoms with E-state index < -0.39 is 0 Å². The van der Waals surface area contributed by atoms with Crippen LogP contribution in [0.5, 0.6) is 0 Å². The average Bonchev–Trinajstić information content (AvgIpc) is 2.69. The monoisotopic (exact) mass is 154 g/mol. The molecule has 1 fully saturated rings. The van der Waals surface area contributed by atoms with Crippen LogP contribution in [-0.2, 0) is 4.74 Å². The quantitative estimate of drug-likeness (QED) is 0.373. The van der Waals surface area contributed by atoms with Gasteiger partial charge in [0.25, 0.3) is 0 Å². The van der Waals surface area contributed by atoms with Crippen molar-refractivity contribution in [1.82, 2.24) is 0 Å². The summed E-state index contributed by atoms with van der Waals surface area (Å²) in [5, 5.41) is 8.46. The zero-order valence-electron chi connectivity index (χ0n) is 6.89. The van der Waals surface area contributed by atoms with E-state index in [9.17, 15) is 0 Å². The molecule has 2 heteroatoms. The van der Waals surface area contributed by atoms with Crippen LogP contribution in [0.3, 0.4) is 0 Å². The predicted molar refractivity (Wildman–Crippen MR) is 43.1 cm³/mol. The highest BCUT2D eigenvalue weighted by atomic mass is 16.6. The SMILES string of the molecule is CC1(C#CCCCCO)CO1. The molecule has 0 aromatic carbocycles. The lowest BCUT2D eigenvalue weighted by Gasteiger charge is -1.90. The minimum Gasteiger partial charge on any atom is -0.396 e. The smallest absolute Gasteiger partial charge is 0.149 e. The molecule has 0 bridgehead atoms. The van der Waals surface area contributed by atoms with Crippen molar-refractivity contribution in [3.8, 4) is 11.8 Å². The Morgan fingerprint density at radius 1 is 1.55 bits per heavy atom. The fourth-order valence-electron chi connectivity index (χ4n) is 0.755. The van der Waals surface area contributed by atoms with Gasteiger partial charge in [-0.15, -0.1) is 5.92 Å². The Hall–Kier alpha value is -0.520. The second kappa shape index (κ2) is 3.75. The molecule has 0 aromatic heterocycles. The highest BCUT2D eigenvalue weighted by molar-refractivity contribution is 5.18. The molecule has 11 heavy (non-hydrogen) atoms. The van der Waals surface area contributed by atoms with E-state index in [2.05, 4.69) is 11.8 Å². The van der Waals surface area contributed by atoms with E-state index in [1.54, 1.807) is 0 Å². The summed E-state index contributed by atoms with van der Waals surface area (Å²) in [5.41, 5.74) is -0.126. The van der Waals surface area contributed by atoms with E-state index in [1.807, 2.05) is 6.92 Å². The summed E-state index contributed by atoms with van der Waals surface area (Å²) >= 11 is 0. The van der Waals surface area contributed by atoms with Crippen molar-refractivity contribution in [3.05, 3.63) is 0 Å². The number of rotatable bonds is 3. The van der Waals surface area contributed by atoms with Gasteiger partial charge < -0.3 is 9.84 Å². The Bertz CT molecular complexity index is 172. The molecule has 0 saturated carbocycles. The summed E-state index contributed by atoms with van der Waals surface area (Å²) in [4.78, 5) is 0. The molecular formula is C9H14O2. The molecule has 62 valence electrons. The van der Waals surface area contributed by atoms with E-state index >= 15 is 0 Å². The number of epoxide rings is 1. The van der Waals surface area contributed by atoms with Gasteiger partial charge in [-0.05, 0) is 19.8 Å². The fraction of sp³-hybridized carbons (Fsp3) is 0.778. The number of unbranched alkanes of at least 4 members (excludes halogenated alkanes) is 2. The Balaban J connectivity index is 2.04. The summed E-state index contributed by atoms with van der Waals surface area (Å²) in [5.74, 6) is 6.07. The number of aliphatic hydroxyl groups excluding tert-OH is 1. The van der Waals surface area contributed by atoms with Crippen LogP contribution in [0.25, 0.3) is 0 Å². The summed E-state index contributed by atoms with van der Waals surface area (Å²) in [6.07, 6.45) is 2.71. The molecule has 1 saturated heterocycles. The van der Waals surface area contributed by atoms with Crippen LogP contribution < -0.4 is 0 Å². The lowest BCUT2D eigenvalue weighted by molar-refractivity contribution is 0.285. The van der Waals surface area contributed by atoms with Gasteiger partial charge in [0.15, 0.2) is 0 Å². The highest BCUT2D eigenvalue weighted by Crippen LogP contribution is 2.24. The van der Waals surface area contributed by atoms with Crippen molar-refractivity contribution in [2.45, 2.75) is 31.8 Å². The van der Waals surface area contributed by atoms with Crippen LogP contribution in [0.2, 0.25) is 0 Å². The Labute approximate surface area is 67.6 Å². The molecule has 1 aliphatic heterocycles. The number of ether oxygens (including phenoxy) is 1. The third kappa shape index (κ3) is 3.41. The first-order valence-corrected chi connectivity index (χ1v) is 4.02. The third-order valence-electron chi connectivity index (χ3n) is 1.64. The number of hydrogen-bond acceptors (Lipinski definition) is 2. The predicted octanol–water partition coefficient (Wildman–Crippen LogP) is 0.941. The fourth-order valence-corrected chi connectivity index (χ4v) is 0.755.